The number of nitrogens with one attached hydrogen (secondary N) is 2. The molecular weight excluding hydrogens is 633 g/mol. The number of hydrazone groups is 1. The summed E-state index contributed by atoms with van der Waals surface area (Å²) in [5, 5.41) is 5.46. The Balaban J connectivity index is 1.27. The Morgan fingerprint density at radius 2 is 1.63 bits per heavy atom. The first-order valence-electron chi connectivity index (χ1n) is 12.4. The summed E-state index contributed by atoms with van der Waals surface area (Å²) >= 11 is 13.5. The molecule has 1 heterocycles. The average Bonchev–Trinajstić information content (AvgIpc) is 3.34. The molecule has 218 valence electrons. The van der Waals surface area contributed by atoms with E-state index in [9.17, 15) is 18.0 Å². The minimum Gasteiger partial charge on any atom is -0.493 e. The van der Waals surface area contributed by atoms with Gasteiger partial charge in [-0.15, -0.1) is 11.3 Å². The standard InChI is InChI=1S/C30H21Cl2N3O6S2/c1-40-25-16-18(10-15-24(25)41-30(37)28-27(32)22-7-3-5-9-26(22)42-28)17-33-34-29(36)21-6-2-4-8-23(21)35-43(38,39)20-13-11-19(31)12-14-20/h2-17,35H,1H3,(H,34,36)/b33-17-. The molecule has 1 amide bonds. The van der Waals surface area contributed by atoms with Gasteiger partial charge in [0.2, 0.25) is 0 Å². The van der Waals surface area contributed by atoms with E-state index < -0.39 is 21.9 Å². The third kappa shape index (κ3) is 6.81. The van der Waals surface area contributed by atoms with Gasteiger partial charge in [-0.3, -0.25) is 9.52 Å². The minimum absolute atomic E-state index is 0.0138. The predicted molar refractivity (Wildman–Crippen MR) is 169 cm³/mol. The van der Waals surface area contributed by atoms with Crippen molar-refractivity contribution >= 4 is 78.4 Å². The molecule has 0 aliphatic rings. The fourth-order valence-corrected chi connectivity index (χ4v) is 6.54. The zero-order valence-electron chi connectivity index (χ0n) is 22.2. The monoisotopic (exact) mass is 653 g/mol. The van der Waals surface area contributed by atoms with Crippen molar-refractivity contribution in [3.05, 3.63) is 117 Å². The lowest BCUT2D eigenvalue weighted by atomic mass is 10.2. The number of benzene rings is 4. The summed E-state index contributed by atoms with van der Waals surface area (Å²) in [4.78, 5) is 26.0. The number of nitrogens with zero attached hydrogens (tertiary/aromatic N) is 1. The smallest absolute Gasteiger partial charge is 0.355 e. The number of anilines is 1. The van der Waals surface area contributed by atoms with Crippen LogP contribution in [0.5, 0.6) is 11.5 Å². The Bertz CT molecular complexity index is 1980. The average molecular weight is 655 g/mol. The van der Waals surface area contributed by atoms with Gasteiger partial charge in [-0.1, -0.05) is 53.5 Å². The number of carbonyl (C=O) groups excluding carboxylic acids is 2. The summed E-state index contributed by atoms with van der Waals surface area (Å²) in [5.41, 5.74) is 3.03. The van der Waals surface area contributed by atoms with Gasteiger partial charge < -0.3 is 9.47 Å². The number of fused-ring (bicyclic) bond motifs is 1. The van der Waals surface area contributed by atoms with Crippen LogP contribution in [0, 0.1) is 0 Å². The Morgan fingerprint density at radius 3 is 2.37 bits per heavy atom. The maximum absolute atomic E-state index is 12.9. The second-order valence-electron chi connectivity index (χ2n) is 8.85. The van der Waals surface area contributed by atoms with Crippen LogP contribution in [0.2, 0.25) is 10.0 Å². The van der Waals surface area contributed by atoms with Crippen molar-refractivity contribution < 1.29 is 27.5 Å². The van der Waals surface area contributed by atoms with Crippen LogP contribution in [0.25, 0.3) is 10.1 Å². The van der Waals surface area contributed by atoms with E-state index in [1.165, 1.54) is 67.1 Å². The largest absolute Gasteiger partial charge is 0.493 e. The van der Waals surface area contributed by atoms with Crippen molar-refractivity contribution in [3.8, 4) is 11.5 Å². The number of esters is 1. The number of hydrogen-bond donors (Lipinski definition) is 2. The fraction of sp³-hybridized carbons (Fsp3) is 0.0333. The van der Waals surface area contributed by atoms with Crippen LogP contribution in [0.15, 0.2) is 101 Å². The second kappa shape index (κ2) is 12.8. The lowest BCUT2D eigenvalue weighted by Crippen LogP contribution is -2.21. The number of halogens is 2. The Morgan fingerprint density at radius 1 is 0.907 bits per heavy atom. The molecule has 1 aromatic heterocycles. The molecule has 5 aromatic rings. The highest BCUT2D eigenvalue weighted by molar-refractivity contribution is 7.92. The third-order valence-corrected chi connectivity index (χ3v) is 9.32. The van der Waals surface area contributed by atoms with Crippen LogP contribution in [0.4, 0.5) is 5.69 Å². The number of methoxy groups -OCH3 is 1. The predicted octanol–water partition coefficient (Wildman–Crippen LogP) is 7.00. The lowest BCUT2D eigenvalue weighted by Gasteiger charge is -2.12. The van der Waals surface area contributed by atoms with Gasteiger partial charge in [0.15, 0.2) is 11.5 Å². The number of carbonyl (C=O) groups is 2. The van der Waals surface area contributed by atoms with Crippen LogP contribution in [-0.4, -0.2) is 33.6 Å². The molecule has 0 saturated carbocycles. The first-order valence-corrected chi connectivity index (χ1v) is 15.5. The summed E-state index contributed by atoms with van der Waals surface area (Å²) < 4.78 is 39.9. The summed E-state index contributed by atoms with van der Waals surface area (Å²) in [6, 6.07) is 23.8. The summed E-state index contributed by atoms with van der Waals surface area (Å²) in [6.07, 6.45) is 1.36. The van der Waals surface area contributed by atoms with Crippen LogP contribution in [0.1, 0.15) is 25.6 Å². The quantitative estimate of drug-likeness (QED) is 0.0764. The number of hydrogen-bond acceptors (Lipinski definition) is 8. The normalized spacial score (nSPS) is 11.4. The molecule has 0 unspecified atom stereocenters. The first kappa shape index (κ1) is 30.1. The molecule has 43 heavy (non-hydrogen) atoms. The highest BCUT2D eigenvalue weighted by Gasteiger charge is 2.21. The summed E-state index contributed by atoms with van der Waals surface area (Å²) in [7, 11) is -2.56. The van der Waals surface area contributed by atoms with Crippen LogP contribution >= 0.6 is 34.5 Å². The highest BCUT2D eigenvalue weighted by Crippen LogP contribution is 2.37. The molecule has 9 nitrogen and oxygen atoms in total. The van der Waals surface area contributed by atoms with Crippen molar-refractivity contribution in [2.24, 2.45) is 5.10 Å². The van der Waals surface area contributed by atoms with Gasteiger partial charge in [-0.05, 0) is 66.2 Å². The van der Waals surface area contributed by atoms with E-state index in [-0.39, 0.29) is 32.5 Å². The van der Waals surface area contributed by atoms with E-state index in [4.69, 9.17) is 32.7 Å². The van der Waals surface area contributed by atoms with Crippen LogP contribution < -0.4 is 19.6 Å². The molecule has 5 rings (SSSR count). The van der Waals surface area contributed by atoms with E-state index in [2.05, 4.69) is 15.2 Å². The topological polar surface area (TPSA) is 123 Å². The van der Waals surface area contributed by atoms with Crippen molar-refractivity contribution in [1.29, 1.82) is 0 Å². The van der Waals surface area contributed by atoms with Gasteiger partial charge in [0, 0.05) is 15.1 Å². The minimum atomic E-state index is -3.98. The van der Waals surface area contributed by atoms with Gasteiger partial charge in [0.1, 0.15) is 4.88 Å². The van der Waals surface area contributed by atoms with E-state index in [1.807, 2.05) is 24.3 Å². The van der Waals surface area contributed by atoms with E-state index in [0.717, 1.165) is 10.1 Å². The van der Waals surface area contributed by atoms with Gasteiger partial charge >= 0.3 is 5.97 Å². The molecule has 2 N–H and O–H groups in total. The number of para-hydroxylation sites is 1. The molecule has 0 fully saturated rings. The van der Waals surface area contributed by atoms with Crippen molar-refractivity contribution in [2.45, 2.75) is 4.90 Å². The van der Waals surface area contributed by atoms with Crippen molar-refractivity contribution in [1.82, 2.24) is 5.43 Å². The first-order chi connectivity index (χ1) is 20.7. The Labute approximate surface area is 260 Å². The van der Waals surface area contributed by atoms with Gasteiger partial charge in [-0.25, -0.2) is 18.6 Å². The number of thiophene rings is 1. The van der Waals surface area contributed by atoms with Crippen LogP contribution in [0.3, 0.4) is 0 Å². The zero-order valence-corrected chi connectivity index (χ0v) is 25.4. The number of amides is 1. The molecule has 0 atom stereocenters. The van der Waals surface area contributed by atoms with E-state index in [0.29, 0.717) is 15.6 Å². The molecule has 0 aliphatic heterocycles. The fourth-order valence-electron chi connectivity index (χ4n) is 3.95. The van der Waals surface area contributed by atoms with E-state index >= 15 is 0 Å². The number of sulfonamides is 1. The van der Waals surface area contributed by atoms with Crippen molar-refractivity contribution in [2.75, 3.05) is 11.8 Å². The van der Waals surface area contributed by atoms with Gasteiger partial charge in [0.05, 0.1) is 34.5 Å². The maximum Gasteiger partial charge on any atom is 0.355 e. The highest BCUT2D eigenvalue weighted by atomic mass is 35.5. The molecule has 0 saturated heterocycles. The summed E-state index contributed by atoms with van der Waals surface area (Å²) in [5.74, 6) is -0.848. The second-order valence-corrected chi connectivity index (χ2v) is 12.4. The van der Waals surface area contributed by atoms with Crippen LogP contribution in [-0.2, 0) is 10.0 Å². The summed E-state index contributed by atoms with van der Waals surface area (Å²) in [6.45, 7) is 0. The Kier molecular flexibility index (Phi) is 8.97. The lowest BCUT2D eigenvalue weighted by molar-refractivity contribution is 0.0734. The molecule has 0 bridgehead atoms. The maximum atomic E-state index is 12.9. The molecule has 0 spiro atoms. The van der Waals surface area contributed by atoms with Gasteiger partial charge in [-0.2, -0.15) is 5.10 Å². The van der Waals surface area contributed by atoms with Crippen molar-refractivity contribution in [3.63, 3.8) is 0 Å². The molecule has 0 radical (unpaired) electrons. The molecule has 13 heteroatoms. The zero-order chi connectivity index (χ0) is 30.6. The third-order valence-electron chi connectivity index (χ3n) is 6.03. The van der Waals surface area contributed by atoms with E-state index in [1.54, 1.807) is 24.3 Å². The molecule has 0 aliphatic carbocycles. The molecular formula is C30H21Cl2N3O6S2. The Hall–Kier alpha value is -4.42. The number of rotatable bonds is 9. The number of ether oxygens (including phenoxy) is 2. The molecule has 4 aromatic carbocycles. The van der Waals surface area contributed by atoms with Gasteiger partial charge in [0.25, 0.3) is 15.9 Å². The SMILES string of the molecule is COc1cc(/C=N\NC(=O)c2ccccc2NS(=O)(=O)c2ccc(Cl)cc2)ccc1OC(=O)c1sc2ccccc2c1Cl.